The second-order valence-corrected chi connectivity index (χ2v) is 9.36. The zero-order chi connectivity index (χ0) is 20.3. The Kier molecular flexibility index (Phi) is 6.17. The summed E-state index contributed by atoms with van der Waals surface area (Å²) in [7, 11) is -0.468. The van der Waals surface area contributed by atoms with E-state index < -0.39 is 10.2 Å². The summed E-state index contributed by atoms with van der Waals surface area (Å²) >= 11 is 0. The molecule has 0 saturated carbocycles. The fourth-order valence-electron chi connectivity index (χ4n) is 3.36. The predicted octanol–water partition coefficient (Wildman–Crippen LogP) is 1.32. The molecule has 28 heavy (non-hydrogen) atoms. The van der Waals surface area contributed by atoms with Crippen molar-refractivity contribution < 1.29 is 13.2 Å². The average Bonchev–Trinajstić information content (AvgIpc) is 3.12. The van der Waals surface area contributed by atoms with Crippen LogP contribution in [0.4, 0.5) is 0 Å². The summed E-state index contributed by atoms with van der Waals surface area (Å²) in [5, 5.41) is 2.94. The Morgan fingerprint density at radius 1 is 1.29 bits per heavy atom. The first-order valence-corrected chi connectivity index (χ1v) is 10.7. The molecule has 2 aromatic rings. The highest BCUT2D eigenvalue weighted by molar-refractivity contribution is 7.86. The summed E-state index contributed by atoms with van der Waals surface area (Å²) in [6.45, 7) is 3.04. The van der Waals surface area contributed by atoms with Gasteiger partial charge in [-0.1, -0.05) is 12.1 Å². The third-order valence-corrected chi connectivity index (χ3v) is 6.96. The number of imidazole rings is 1. The molecule has 1 saturated heterocycles. The van der Waals surface area contributed by atoms with Crippen molar-refractivity contribution in [2.75, 3.05) is 27.2 Å². The molecule has 0 bridgehead atoms. The summed E-state index contributed by atoms with van der Waals surface area (Å²) in [4.78, 5) is 16.8. The number of benzene rings is 1. The van der Waals surface area contributed by atoms with Gasteiger partial charge < -0.3 is 9.88 Å². The van der Waals surface area contributed by atoms with Crippen LogP contribution >= 0.6 is 0 Å². The minimum atomic E-state index is -3.48. The van der Waals surface area contributed by atoms with Gasteiger partial charge in [0.2, 0.25) is 5.91 Å². The summed E-state index contributed by atoms with van der Waals surface area (Å²) in [6.07, 6.45) is 5.05. The van der Waals surface area contributed by atoms with Crippen LogP contribution in [-0.2, 0) is 21.5 Å². The Bertz CT molecular complexity index is 921. The third-order valence-electron chi connectivity index (χ3n) is 5.05. The maximum absolute atomic E-state index is 12.6. The van der Waals surface area contributed by atoms with E-state index in [4.69, 9.17) is 0 Å². The van der Waals surface area contributed by atoms with Crippen LogP contribution in [-0.4, -0.2) is 59.7 Å². The Labute approximate surface area is 166 Å². The highest BCUT2D eigenvalue weighted by atomic mass is 32.2. The zero-order valence-corrected chi connectivity index (χ0v) is 17.3. The van der Waals surface area contributed by atoms with Gasteiger partial charge in [0.25, 0.3) is 10.2 Å². The van der Waals surface area contributed by atoms with Crippen molar-refractivity contribution in [2.45, 2.75) is 26.3 Å². The smallest absolute Gasteiger partial charge is 0.281 e. The van der Waals surface area contributed by atoms with Gasteiger partial charge in [-0.3, -0.25) is 4.79 Å². The number of nitrogens with zero attached hydrogens (tertiary/aromatic N) is 4. The number of amides is 1. The van der Waals surface area contributed by atoms with Crippen LogP contribution in [0.15, 0.2) is 36.7 Å². The first-order valence-electron chi connectivity index (χ1n) is 9.33. The molecule has 2 heterocycles. The molecule has 8 nitrogen and oxygen atoms in total. The van der Waals surface area contributed by atoms with E-state index in [1.54, 1.807) is 6.20 Å². The molecule has 9 heteroatoms. The maximum Gasteiger partial charge on any atom is 0.281 e. The van der Waals surface area contributed by atoms with Crippen molar-refractivity contribution >= 4 is 16.1 Å². The Hall–Kier alpha value is -2.23. The molecule has 0 radical (unpaired) electrons. The molecule has 1 atom stereocenters. The summed E-state index contributed by atoms with van der Waals surface area (Å²) in [5.41, 5.74) is 2.00. The van der Waals surface area contributed by atoms with Crippen LogP contribution in [0.25, 0.3) is 5.69 Å². The number of aryl methyl sites for hydroxylation is 1. The van der Waals surface area contributed by atoms with Gasteiger partial charge in [-0.15, -0.1) is 0 Å². The minimum absolute atomic E-state index is 0.104. The first kappa shape index (κ1) is 20.5. The fraction of sp³-hybridized carbons (Fsp3) is 0.474. The minimum Gasteiger partial charge on any atom is -0.352 e. The van der Waals surface area contributed by atoms with E-state index in [0.717, 1.165) is 17.1 Å². The molecular formula is C19H27N5O3S. The molecule has 152 valence electrons. The molecule has 1 fully saturated rings. The molecule has 1 aromatic carbocycles. The van der Waals surface area contributed by atoms with Crippen molar-refractivity contribution in [3.63, 3.8) is 0 Å². The van der Waals surface area contributed by atoms with E-state index in [2.05, 4.69) is 10.3 Å². The fourth-order valence-corrected chi connectivity index (χ4v) is 4.55. The normalized spacial score (nSPS) is 18.4. The van der Waals surface area contributed by atoms with Gasteiger partial charge in [-0.2, -0.15) is 17.0 Å². The number of rotatable bonds is 6. The molecule has 1 aliphatic heterocycles. The van der Waals surface area contributed by atoms with Gasteiger partial charge in [0.1, 0.15) is 5.82 Å². The zero-order valence-electron chi connectivity index (χ0n) is 16.5. The Morgan fingerprint density at radius 3 is 2.61 bits per heavy atom. The number of hydrogen-bond acceptors (Lipinski definition) is 4. The summed E-state index contributed by atoms with van der Waals surface area (Å²) in [6, 6.07) is 7.92. The number of piperidine rings is 1. The summed E-state index contributed by atoms with van der Waals surface area (Å²) < 4.78 is 29.2. The number of hydrogen-bond donors (Lipinski definition) is 1. The van der Waals surface area contributed by atoms with Gasteiger partial charge in [-0.25, -0.2) is 4.98 Å². The first-order chi connectivity index (χ1) is 13.3. The Balaban J connectivity index is 1.57. The molecule has 1 N–H and O–H groups in total. The predicted molar refractivity (Wildman–Crippen MR) is 107 cm³/mol. The summed E-state index contributed by atoms with van der Waals surface area (Å²) in [5.74, 6) is 0.486. The van der Waals surface area contributed by atoms with Crippen molar-refractivity contribution in [2.24, 2.45) is 5.92 Å². The van der Waals surface area contributed by atoms with Crippen molar-refractivity contribution in [3.8, 4) is 5.69 Å². The lowest BCUT2D eigenvalue weighted by atomic mass is 9.99. The number of nitrogens with one attached hydrogen (secondary N) is 1. The van der Waals surface area contributed by atoms with Crippen LogP contribution < -0.4 is 5.32 Å². The molecular weight excluding hydrogens is 378 g/mol. The second-order valence-electron chi connectivity index (χ2n) is 7.22. The van der Waals surface area contributed by atoms with Gasteiger partial charge in [-0.05, 0) is 37.5 Å². The van der Waals surface area contributed by atoms with Crippen LogP contribution in [0.2, 0.25) is 0 Å². The second kappa shape index (κ2) is 8.42. The van der Waals surface area contributed by atoms with Crippen molar-refractivity contribution in [1.82, 2.24) is 23.5 Å². The highest BCUT2D eigenvalue weighted by Gasteiger charge is 2.33. The molecule has 1 aliphatic rings. The van der Waals surface area contributed by atoms with Gasteiger partial charge in [0, 0.05) is 51.8 Å². The van der Waals surface area contributed by atoms with E-state index in [0.29, 0.717) is 25.9 Å². The van der Waals surface area contributed by atoms with Crippen LogP contribution in [0.3, 0.4) is 0 Å². The monoisotopic (exact) mass is 405 g/mol. The number of carbonyl (C=O) groups excluding carboxylic acids is 1. The third kappa shape index (κ3) is 4.43. The molecule has 0 aliphatic carbocycles. The molecule has 3 rings (SSSR count). The average molecular weight is 406 g/mol. The SMILES string of the molecule is Cc1nccn1-c1ccc(CNC(=O)[C@@H]2CCCN(S(=O)(=O)N(C)C)C2)cc1. The largest absolute Gasteiger partial charge is 0.352 e. The molecule has 0 spiro atoms. The number of aromatic nitrogens is 2. The standard InChI is InChI=1S/C19H27N5O3S/c1-15-20-10-12-24(15)18-8-6-16(7-9-18)13-21-19(25)17-5-4-11-23(14-17)28(26,27)22(2)3/h6-10,12,17H,4-5,11,13-14H2,1-3H3,(H,21,25)/t17-/m1/s1. The number of carbonyl (C=O) groups is 1. The van der Waals surface area contributed by atoms with Crippen molar-refractivity contribution in [3.05, 3.63) is 48.0 Å². The molecule has 1 aromatic heterocycles. The topological polar surface area (TPSA) is 87.5 Å². The lowest BCUT2D eigenvalue weighted by molar-refractivity contribution is -0.126. The van der Waals surface area contributed by atoms with Crippen LogP contribution in [0.1, 0.15) is 24.2 Å². The lowest BCUT2D eigenvalue weighted by Crippen LogP contribution is -2.48. The van der Waals surface area contributed by atoms with E-state index in [9.17, 15) is 13.2 Å². The van der Waals surface area contributed by atoms with Gasteiger partial charge in [0.05, 0.1) is 5.92 Å². The van der Waals surface area contributed by atoms with Crippen molar-refractivity contribution in [1.29, 1.82) is 0 Å². The highest BCUT2D eigenvalue weighted by Crippen LogP contribution is 2.20. The quantitative estimate of drug-likeness (QED) is 0.785. The molecule has 0 unspecified atom stereocenters. The van der Waals surface area contributed by atoms with Crippen LogP contribution in [0.5, 0.6) is 0 Å². The Morgan fingerprint density at radius 2 is 2.00 bits per heavy atom. The van der Waals surface area contributed by atoms with Crippen LogP contribution in [0, 0.1) is 12.8 Å². The molecule has 1 amide bonds. The van der Waals surface area contributed by atoms with E-state index in [1.807, 2.05) is 42.0 Å². The maximum atomic E-state index is 12.6. The lowest BCUT2D eigenvalue weighted by Gasteiger charge is -2.32. The van der Waals surface area contributed by atoms with Gasteiger partial charge in [0.15, 0.2) is 0 Å². The van der Waals surface area contributed by atoms with E-state index >= 15 is 0 Å². The van der Waals surface area contributed by atoms with E-state index in [-0.39, 0.29) is 18.4 Å². The van der Waals surface area contributed by atoms with E-state index in [1.165, 1.54) is 22.7 Å². The van der Waals surface area contributed by atoms with Gasteiger partial charge >= 0.3 is 0 Å².